The summed E-state index contributed by atoms with van der Waals surface area (Å²) in [5.74, 6) is -0.642. The molecule has 0 bridgehead atoms. The molecule has 0 amide bonds. The lowest BCUT2D eigenvalue weighted by Gasteiger charge is -2.10. The van der Waals surface area contributed by atoms with E-state index in [1.54, 1.807) is 19.1 Å². The lowest BCUT2D eigenvalue weighted by molar-refractivity contribution is -0.143. The van der Waals surface area contributed by atoms with Gasteiger partial charge in [-0.05, 0) is 24.6 Å². The highest BCUT2D eigenvalue weighted by molar-refractivity contribution is 7.80. The van der Waals surface area contributed by atoms with Gasteiger partial charge in [-0.15, -0.1) is 0 Å². The second-order valence-corrected chi connectivity index (χ2v) is 3.70. The second kappa shape index (κ2) is 5.75. The van der Waals surface area contributed by atoms with Gasteiger partial charge in [-0.1, -0.05) is 12.1 Å². The van der Waals surface area contributed by atoms with Crippen molar-refractivity contribution in [1.82, 2.24) is 0 Å². The molecular weight excluding hydrogens is 215 g/mol. The van der Waals surface area contributed by atoms with Gasteiger partial charge in [-0.3, -0.25) is 4.79 Å². The summed E-state index contributed by atoms with van der Waals surface area (Å²) in [6, 6.07) is 6.06. The summed E-state index contributed by atoms with van der Waals surface area (Å²) in [6.45, 7) is 2.09. The van der Waals surface area contributed by atoms with Crippen LogP contribution in [-0.2, 0) is 9.53 Å². The quantitative estimate of drug-likeness (QED) is 0.633. The fourth-order valence-electron chi connectivity index (χ4n) is 1.21. The van der Waals surface area contributed by atoms with Crippen LogP contribution in [0.3, 0.4) is 0 Å². The second-order valence-electron chi connectivity index (χ2n) is 3.08. The molecule has 0 fully saturated rings. The van der Waals surface area contributed by atoms with Crippen molar-refractivity contribution in [2.24, 2.45) is 0 Å². The molecule has 0 aliphatic carbocycles. The van der Waals surface area contributed by atoms with Crippen LogP contribution in [-0.4, -0.2) is 12.6 Å². The van der Waals surface area contributed by atoms with Crippen LogP contribution in [0.15, 0.2) is 24.3 Å². The fourth-order valence-corrected chi connectivity index (χ4v) is 1.52. The van der Waals surface area contributed by atoms with Crippen molar-refractivity contribution >= 4 is 18.6 Å². The maximum absolute atomic E-state index is 12.9. The number of halogens is 1. The standard InChI is InChI=1S/C11H13FO2S/c1-2-14-11(13)7-10(15)8-4-3-5-9(12)6-8/h3-6,10,15H,2,7H2,1H3. The largest absolute Gasteiger partial charge is 0.466 e. The van der Waals surface area contributed by atoms with E-state index in [9.17, 15) is 9.18 Å². The van der Waals surface area contributed by atoms with Crippen LogP contribution in [0, 0.1) is 5.82 Å². The predicted octanol–water partition coefficient (Wildman–Crippen LogP) is 2.75. The van der Waals surface area contributed by atoms with E-state index in [1.165, 1.54) is 12.1 Å². The topological polar surface area (TPSA) is 26.3 Å². The monoisotopic (exact) mass is 228 g/mol. The molecule has 1 unspecified atom stereocenters. The number of hydrogen-bond donors (Lipinski definition) is 1. The Morgan fingerprint density at radius 1 is 1.60 bits per heavy atom. The molecule has 0 saturated heterocycles. The molecule has 1 atom stereocenters. The van der Waals surface area contributed by atoms with Crippen molar-refractivity contribution in [3.63, 3.8) is 0 Å². The highest BCUT2D eigenvalue weighted by Crippen LogP contribution is 2.24. The first-order valence-electron chi connectivity index (χ1n) is 4.72. The van der Waals surface area contributed by atoms with Gasteiger partial charge < -0.3 is 4.74 Å². The van der Waals surface area contributed by atoms with E-state index in [0.717, 1.165) is 0 Å². The van der Waals surface area contributed by atoms with E-state index in [1.807, 2.05) is 0 Å². The molecule has 0 aliphatic rings. The number of thiol groups is 1. The van der Waals surface area contributed by atoms with Crippen LogP contribution >= 0.6 is 12.6 Å². The van der Waals surface area contributed by atoms with Gasteiger partial charge in [0, 0.05) is 5.25 Å². The van der Waals surface area contributed by atoms with Gasteiger partial charge in [0.2, 0.25) is 0 Å². The Labute approximate surface area is 93.9 Å². The first-order chi connectivity index (χ1) is 7.13. The molecule has 1 rings (SSSR count). The molecule has 4 heteroatoms. The molecule has 0 aromatic heterocycles. The van der Waals surface area contributed by atoms with E-state index < -0.39 is 0 Å². The van der Waals surface area contributed by atoms with Crippen molar-refractivity contribution in [1.29, 1.82) is 0 Å². The van der Waals surface area contributed by atoms with Crippen LogP contribution in [0.4, 0.5) is 4.39 Å². The molecule has 2 nitrogen and oxygen atoms in total. The number of hydrogen-bond acceptors (Lipinski definition) is 3. The summed E-state index contributed by atoms with van der Waals surface area (Å²) < 4.78 is 17.6. The molecule has 0 saturated carbocycles. The first kappa shape index (κ1) is 12.0. The van der Waals surface area contributed by atoms with Crippen LogP contribution in [0.2, 0.25) is 0 Å². The van der Waals surface area contributed by atoms with Crippen molar-refractivity contribution in [3.8, 4) is 0 Å². The Bertz CT molecular complexity index is 341. The van der Waals surface area contributed by atoms with Crippen LogP contribution in [0.5, 0.6) is 0 Å². The summed E-state index contributed by atoms with van der Waals surface area (Å²) in [5, 5.41) is -0.320. The Morgan fingerprint density at radius 2 is 2.33 bits per heavy atom. The van der Waals surface area contributed by atoms with Crippen molar-refractivity contribution in [2.75, 3.05) is 6.61 Å². The zero-order chi connectivity index (χ0) is 11.3. The molecule has 0 aliphatic heterocycles. The minimum Gasteiger partial charge on any atom is -0.466 e. The number of carbonyl (C=O) groups excluding carboxylic acids is 1. The normalized spacial score (nSPS) is 12.2. The Balaban J connectivity index is 2.60. The van der Waals surface area contributed by atoms with Crippen LogP contribution in [0.25, 0.3) is 0 Å². The molecule has 82 valence electrons. The maximum atomic E-state index is 12.9. The average Bonchev–Trinajstić information content (AvgIpc) is 2.18. The summed E-state index contributed by atoms with van der Waals surface area (Å²) in [4.78, 5) is 11.1. The third-order valence-electron chi connectivity index (χ3n) is 1.90. The summed E-state index contributed by atoms with van der Waals surface area (Å²) in [7, 11) is 0. The predicted molar refractivity (Wildman–Crippen MR) is 59.4 cm³/mol. The minimum atomic E-state index is -0.324. The molecule has 0 spiro atoms. The van der Waals surface area contributed by atoms with Gasteiger partial charge >= 0.3 is 5.97 Å². The van der Waals surface area contributed by atoms with Crippen LogP contribution in [0.1, 0.15) is 24.2 Å². The van der Waals surface area contributed by atoms with Crippen molar-refractivity contribution < 1.29 is 13.9 Å². The van der Waals surface area contributed by atoms with Crippen molar-refractivity contribution in [3.05, 3.63) is 35.6 Å². The molecule has 15 heavy (non-hydrogen) atoms. The van der Waals surface area contributed by atoms with E-state index in [2.05, 4.69) is 12.6 Å². The van der Waals surface area contributed by atoms with Gasteiger partial charge in [-0.25, -0.2) is 4.39 Å². The number of rotatable bonds is 4. The molecule has 0 heterocycles. The highest BCUT2D eigenvalue weighted by Gasteiger charge is 2.13. The molecule has 1 aromatic rings. The smallest absolute Gasteiger partial charge is 0.307 e. The lowest BCUT2D eigenvalue weighted by Crippen LogP contribution is -2.07. The number of esters is 1. The van der Waals surface area contributed by atoms with Gasteiger partial charge in [0.25, 0.3) is 0 Å². The summed E-state index contributed by atoms with van der Waals surface area (Å²) >= 11 is 4.23. The molecule has 1 aromatic carbocycles. The molecule has 0 N–H and O–H groups in total. The van der Waals surface area contributed by atoms with Crippen LogP contribution < -0.4 is 0 Å². The number of ether oxygens (including phenoxy) is 1. The average molecular weight is 228 g/mol. The van der Waals surface area contributed by atoms with E-state index in [4.69, 9.17) is 4.74 Å². The SMILES string of the molecule is CCOC(=O)CC(S)c1cccc(F)c1. The first-order valence-corrected chi connectivity index (χ1v) is 5.24. The highest BCUT2D eigenvalue weighted by atomic mass is 32.1. The third-order valence-corrected chi connectivity index (χ3v) is 2.38. The fraction of sp³-hybridized carbons (Fsp3) is 0.364. The molecular formula is C11H13FO2S. The van der Waals surface area contributed by atoms with Gasteiger partial charge in [0.15, 0.2) is 0 Å². The summed E-state index contributed by atoms with van der Waals surface area (Å²) in [6.07, 6.45) is 0.153. The number of benzene rings is 1. The number of carbonyl (C=O) groups is 1. The Kier molecular flexibility index (Phi) is 4.62. The van der Waals surface area contributed by atoms with E-state index >= 15 is 0 Å². The summed E-state index contributed by atoms with van der Waals surface area (Å²) in [5.41, 5.74) is 0.686. The zero-order valence-electron chi connectivity index (χ0n) is 8.44. The van der Waals surface area contributed by atoms with Gasteiger partial charge in [0.1, 0.15) is 5.82 Å². The van der Waals surface area contributed by atoms with E-state index in [-0.39, 0.29) is 23.5 Å². The third kappa shape index (κ3) is 3.91. The zero-order valence-corrected chi connectivity index (χ0v) is 9.34. The minimum absolute atomic E-state index is 0.153. The Hall–Kier alpha value is -1.03. The lowest BCUT2D eigenvalue weighted by atomic mass is 10.1. The Morgan fingerprint density at radius 3 is 2.93 bits per heavy atom. The van der Waals surface area contributed by atoms with Crippen molar-refractivity contribution in [2.45, 2.75) is 18.6 Å². The molecule has 0 radical (unpaired) electrons. The van der Waals surface area contributed by atoms with Gasteiger partial charge in [-0.2, -0.15) is 12.6 Å². The van der Waals surface area contributed by atoms with Gasteiger partial charge in [0.05, 0.1) is 13.0 Å². The van der Waals surface area contributed by atoms with E-state index in [0.29, 0.717) is 12.2 Å². The maximum Gasteiger partial charge on any atom is 0.307 e.